The van der Waals surface area contributed by atoms with Gasteiger partial charge in [-0.15, -0.1) is 0 Å². The van der Waals surface area contributed by atoms with E-state index < -0.39 is 5.97 Å². The van der Waals surface area contributed by atoms with Gasteiger partial charge >= 0.3 is 5.97 Å². The van der Waals surface area contributed by atoms with Crippen molar-refractivity contribution in [1.29, 1.82) is 0 Å². The summed E-state index contributed by atoms with van der Waals surface area (Å²) in [6.45, 7) is 1.31. The van der Waals surface area contributed by atoms with Crippen molar-refractivity contribution in [2.45, 2.75) is 38.1 Å². The number of aliphatic carboxylic acids is 1. The average molecular weight is 241 g/mol. The summed E-state index contributed by atoms with van der Waals surface area (Å²) in [5, 5.41) is 11.9. The SMILES string of the molecule is O=C(O)C1CCC(NC(=O)C2CCOCC2)C1. The van der Waals surface area contributed by atoms with Gasteiger partial charge in [0.2, 0.25) is 5.91 Å². The van der Waals surface area contributed by atoms with Crippen LogP contribution >= 0.6 is 0 Å². The van der Waals surface area contributed by atoms with Crippen molar-refractivity contribution in [2.75, 3.05) is 13.2 Å². The van der Waals surface area contributed by atoms with E-state index in [9.17, 15) is 9.59 Å². The van der Waals surface area contributed by atoms with Crippen molar-refractivity contribution in [3.8, 4) is 0 Å². The quantitative estimate of drug-likeness (QED) is 0.765. The summed E-state index contributed by atoms with van der Waals surface area (Å²) >= 11 is 0. The smallest absolute Gasteiger partial charge is 0.306 e. The molecule has 0 bridgehead atoms. The zero-order valence-corrected chi connectivity index (χ0v) is 9.85. The highest BCUT2D eigenvalue weighted by atomic mass is 16.5. The minimum Gasteiger partial charge on any atom is -0.481 e. The number of carboxylic acid groups (broad SMARTS) is 1. The predicted octanol–water partition coefficient (Wildman–Crippen LogP) is 0.782. The van der Waals surface area contributed by atoms with Crippen molar-refractivity contribution in [3.63, 3.8) is 0 Å². The predicted molar refractivity (Wildman–Crippen MR) is 60.5 cm³/mol. The maximum Gasteiger partial charge on any atom is 0.306 e. The minimum absolute atomic E-state index is 0.0476. The maximum absolute atomic E-state index is 11.9. The van der Waals surface area contributed by atoms with E-state index in [0.29, 0.717) is 26.1 Å². The Morgan fingerprint density at radius 1 is 1.06 bits per heavy atom. The molecule has 1 saturated carbocycles. The van der Waals surface area contributed by atoms with E-state index in [2.05, 4.69) is 5.32 Å². The Balaban J connectivity index is 1.77. The molecule has 96 valence electrons. The lowest BCUT2D eigenvalue weighted by Gasteiger charge is -2.23. The van der Waals surface area contributed by atoms with Gasteiger partial charge in [-0.05, 0) is 32.1 Å². The van der Waals surface area contributed by atoms with Crippen molar-refractivity contribution in [2.24, 2.45) is 11.8 Å². The molecule has 2 atom stereocenters. The van der Waals surface area contributed by atoms with Gasteiger partial charge in [0, 0.05) is 25.2 Å². The summed E-state index contributed by atoms with van der Waals surface area (Å²) in [6.07, 6.45) is 3.59. The third-order valence-electron chi connectivity index (χ3n) is 3.72. The molecule has 0 aromatic rings. The number of amides is 1. The second kappa shape index (κ2) is 5.49. The first kappa shape index (κ1) is 12.4. The van der Waals surface area contributed by atoms with Crippen LogP contribution in [0.3, 0.4) is 0 Å². The fourth-order valence-corrected chi connectivity index (χ4v) is 2.62. The lowest BCUT2D eigenvalue weighted by atomic mass is 9.99. The van der Waals surface area contributed by atoms with Crippen molar-refractivity contribution in [3.05, 3.63) is 0 Å². The Bertz CT molecular complexity index is 299. The van der Waals surface area contributed by atoms with Crippen molar-refractivity contribution in [1.82, 2.24) is 5.32 Å². The van der Waals surface area contributed by atoms with Gasteiger partial charge in [0.1, 0.15) is 0 Å². The van der Waals surface area contributed by atoms with E-state index in [1.165, 1.54) is 0 Å². The van der Waals surface area contributed by atoms with Crippen LogP contribution < -0.4 is 5.32 Å². The van der Waals surface area contributed by atoms with E-state index >= 15 is 0 Å². The Labute approximate surface area is 101 Å². The number of carbonyl (C=O) groups is 2. The normalized spacial score (nSPS) is 30.1. The van der Waals surface area contributed by atoms with E-state index in [-0.39, 0.29) is 23.8 Å². The fraction of sp³-hybridized carbons (Fsp3) is 0.833. The molecule has 1 aliphatic heterocycles. The number of nitrogens with one attached hydrogen (secondary N) is 1. The van der Waals surface area contributed by atoms with Crippen LogP contribution in [-0.2, 0) is 14.3 Å². The zero-order valence-electron chi connectivity index (χ0n) is 9.85. The number of rotatable bonds is 3. The molecule has 1 heterocycles. The molecule has 1 saturated heterocycles. The molecular weight excluding hydrogens is 222 g/mol. The Hall–Kier alpha value is -1.10. The van der Waals surface area contributed by atoms with Gasteiger partial charge < -0.3 is 15.2 Å². The highest BCUT2D eigenvalue weighted by Gasteiger charge is 2.32. The van der Waals surface area contributed by atoms with Gasteiger partial charge in [0.05, 0.1) is 5.92 Å². The van der Waals surface area contributed by atoms with Crippen LogP contribution in [0.2, 0.25) is 0 Å². The topological polar surface area (TPSA) is 75.6 Å². The first-order valence-corrected chi connectivity index (χ1v) is 6.27. The molecule has 0 aromatic carbocycles. The molecule has 17 heavy (non-hydrogen) atoms. The van der Waals surface area contributed by atoms with Crippen LogP contribution in [-0.4, -0.2) is 36.2 Å². The van der Waals surface area contributed by atoms with Crippen LogP contribution in [0.15, 0.2) is 0 Å². The minimum atomic E-state index is -0.743. The fourth-order valence-electron chi connectivity index (χ4n) is 2.62. The lowest BCUT2D eigenvalue weighted by Crippen LogP contribution is -2.39. The van der Waals surface area contributed by atoms with Crippen LogP contribution in [0.1, 0.15) is 32.1 Å². The van der Waals surface area contributed by atoms with Gasteiger partial charge in [-0.3, -0.25) is 9.59 Å². The molecule has 2 unspecified atom stereocenters. The van der Waals surface area contributed by atoms with E-state index in [0.717, 1.165) is 19.3 Å². The van der Waals surface area contributed by atoms with Gasteiger partial charge in [-0.1, -0.05) is 0 Å². The summed E-state index contributed by atoms with van der Waals surface area (Å²) in [7, 11) is 0. The highest BCUT2D eigenvalue weighted by molar-refractivity contribution is 5.79. The van der Waals surface area contributed by atoms with Crippen molar-refractivity contribution < 1.29 is 19.4 Å². The molecule has 5 heteroatoms. The molecule has 1 aliphatic carbocycles. The largest absolute Gasteiger partial charge is 0.481 e. The summed E-state index contributed by atoms with van der Waals surface area (Å²) in [5.41, 5.74) is 0. The molecule has 2 aliphatic rings. The van der Waals surface area contributed by atoms with E-state index in [1.54, 1.807) is 0 Å². The second-order valence-electron chi connectivity index (χ2n) is 4.94. The zero-order chi connectivity index (χ0) is 12.3. The molecular formula is C12H19NO4. The Morgan fingerprint density at radius 2 is 1.76 bits per heavy atom. The number of carboxylic acids is 1. The first-order chi connectivity index (χ1) is 8.16. The first-order valence-electron chi connectivity index (χ1n) is 6.27. The third-order valence-corrected chi connectivity index (χ3v) is 3.72. The van der Waals surface area contributed by atoms with Gasteiger partial charge in [-0.25, -0.2) is 0 Å². The average Bonchev–Trinajstić information content (AvgIpc) is 2.79. The second-order valence-corrected chi connectivity index (χ2v) is 4.94. The highest BCUT2D eigenvalue weighted by Crippen LogP contribution is 2.26. The van der Waals surface area contributed by atoms with Crippen LogP contribution in [0, 0.1) is 11.8 Å². The number of carbonyl (C=O) groups excluding carboxylic acids is 1. The summed E-state index contributed by atoms with van der Waals surface area (Å²) in [5.74, 6) is -0.903. The molecule has 0 aromatic heterocycles. The van der Waals surface area contributed by atoms with Gasteiger partial charge in [0.15, 0.2) is 0 Å². The summed E-state index contributed by atoms with van der Waals surface area (Å²) in [6, 6.07) is 0.0476. The maximum atomic E-state index is 11.9. The summed E-state index contributed by atoms with van der Waals surface area (Å²) in [4.78, 5) is 22.7. The van der Waals surface area contributed by atoms with E-state index in [1.807, 2.05) is 0 Å². The molecule has 2 fully saturated rings. The Morgan fingerprint density at radius 3 is 2.35 bits per heavy atom. The molecule has 2 rings (SSSR count). The standard InChI is InChI=1S/C12H19NO4/c14-11(8-3-5-17-6-4-8)13-10-2-1-9(7-10)12(15)16/h8-10H,1-7H2,(H,13,14)(H,15,16). The molecule has 0 spiro atoms. The third kappa shape index (κ3) is 3.19. The van der Waals surface area contributed by atoms with Crippen LogP contribution in [0.4, 0.5) is 0 Å². The molecule has 0 radical (unpaired) electrons. The van der Waals surface area contributed by atoms with Gasteiger partial charge in [0.25, 0.3) is 0 Å². The van der Waals surface area contributed by atoms with Gasteiger partial charge in [-0.2, -0.15) is 0 Å². The number of hydrogen-bond acceptors (Lipinski definition) is 3. The molecule has 2 N–H and O–H groups in total. The Kier molecular flexibility index (Phi) is 3.99. The number of hydrogen-bond donors (Lipinski definition) is 2. The number of ether oxygens (including phenoxy) is 1. The molecule has 5 nitrogen and oxygen atoms in total. The monoisotopic (exact) mass is 241 g/mol. The van der Waals surface area contributed by atoms with Crippen LogP contribution in [0.5, 0.6) is 0 Å². The van der Waals surface area contributed by atoms with Crippen LogP contribution in [0.25, 0.3) is 0 Å². The summed E-state index contributed by atoms with van der Waals surface area (Å²) < 4.78 is 5.21. The van der Waals surface area contributed by atoms with E-state index in [4.69, 9.17) is 9.84 Å². The van der Waals surface area contributed by atoms with Crippen molar-refractivity contribution >= 4 is 11.9 Å². The lowest BCUT2D eigenvalue weighted by molar-refractivity contribution is -0.141. The molecule has 1 amide bonds.